The van der Waals surface area contributed by atoms with Gasteiger partial charge in [-0.15, -0.1) is 0 Å². The molecule has 0 bridgehead atoms. The van der Waals surface area contributed by atoms with Crippen LogP contribution in [-0.2, 0) is 4.79 Å². The van der Waals surface area contributed by atoms with E-state index in [9.17, 15) is 9.18 Å². The molecule has 1 aromatic rings. The summed E-state index contributed by atoms with van der Waals surface area (Å²) < 4.78 is 13.0. The fourth-order valence-corrected chi connectivity index (χ4v) is 1.10. The SMILES string of the molecule is CC(=O)NCCC#Cc1ccnc(F)c1C. The van der Waals surface area contributed by atoms with Crippen molar-refractivity contribution in [3.8, 4) is 11.8 Å². The van der Waals surface area contributed by atoms with E-state index in [1.54, 1.807) is 13.0 Å². The highest BCUT2D eigenvalue weighted by Gasteiger charge is 2.00. The summed E-state index contributed by atoms with van der Waals surface area (Å²) in [5.74, 6) is 5.14. The van der Waals surface area contributed by atoms with Crippen LogP contribution in [0.4, 0.5) is 4.39 Å². The number of halogens is 1. The van der Waals surface area contributed by atoms with Crippen LogP contribution < -0.4 is 5.32 Å². The van der Waals surface area contributed by atoms with Gasteiger partial charge >= 0.3 is 0 Å². The van der Waals surface area contributed by atoms with Gasteiger partial charge in [0.25, 0.3) is 0 Å². The van der Waals surface area contributed by atoms with E-state index in [2.05, 4.69) is 22.1 Å². The fraction of sp³-hybridized carbons (Fsp3) is 0.333. The smallest absolute Gasteiger partial charge is 0.216 e. The Labute approximate surface area is 94.1 Å². The first-order valence-corrected chi connectivity index (χ1v) is 4.95. The minimum absolute atomic E-state index is 0.0760. The van der Waals surface area contributed by atoms with Gasteiger partial charge in [0.1, 0.15) is 0 Å². The van der Waals surface area contributed by atoms with E-state index in [0.29, 0.717) is 24.1 Å². The van der Waals surface area contributed by atoms with Gasteiger partial charge in [0.05, 0.1) is 0 Å². The Morgan fingerprint density at radius 2 is 2.38 bits per heavy atom. The van der Waals surface area contributed by atoms with E-state index in [-0.39, 0.29) is 5.91 Å². The molecule has 0 aliphatic carbocycles. The van der Waals surface area contributed by atoms with E-state index in [1.807, 2.05) is 0 Å². The first-order chi connectivity index (χ1) is 7.61. The zero-order chi connectivity index (χ0) is 12.0. The summed E-state index contributed by atoms with van der Waals surface area (Å²) in [6.45, 7) is 3.60. The summed E-state index contributed by atoms with van der Waals surface area (Å²) in [7, 11) is 0. The highest BCUT2D eigenvalue weighted by molar-refractivity contribution is 5.72. The molecule has 0 radical (unpaired) electrons. The fourth-order valence-electron chi connectivity index (χ4n) is 1.10. The number of carbonyl (C=O) groups excluding carboxylic acids is 1. The van der Waals surface area contributed by atoms with Gasteiger partial charge < -0.3 is 5.32 Å². The number of hydrogen-bond donors (Lipinski definition) is 1. The van der Waals surface area contributed by atoms with Crippen LogP contribution in [0, 0.1) is 24.7 Å². The molecule has 0 aliphatic heterocycles. The molecule has 1 N–H and O–H groups in total. The Hall–Kier alpha value is -1.89. The summed E-state index contributed by atoms with van der Waals surface area (Å²) in [6, 6.07) is 1.67. The van der Waals surface area contributed by atoms with Crippen LogP contribution in [0.15, 0.2) is 12.3 Å². The lowest BCUT2D eigenvalue weighted by Gasteiger charge is -1.97. The number of hydrogen-bond acceptors (Lipinski definition) is 2. The van der Waals surface area contributed by atoms with E-state index < -0.39 is 5.95 Å². The van der Waals surface area contributed by atoms with Gasteiger partial charge in [-0.3, -0.25) is 4.79 Å². The standard InChI is InChI=1S/C12H13FN2O/c1-9-11(6-8-15-12(9)13)5-3-4-7-14-10(2)16/h6,8H,4,7H2,1-2H3,(H,14,16). The first-order valence-electron chi connectivity index (χ1n) is 4.95. The van der Waals surface area contributed by atoms with Crippen LogP contribution in [0.1, 0.15) is 24.5 Å². The van der Waals surface area contributed by atoms with Gasteiger partial charge in [-0.05, 0) is 13.0 Å². The molecule has 0 aliphatic rings. The minimum Gasteiger partial charge on any atom is -0.355 e. The van der Waals surface area contributed by atoms with E-state index in [1.165, 1.54) is 13.1 Å². The summed E-state index contributed by atoms with van der Waals surface area (Å²) in [4.78, 5) is 14.1. The molecule has 4 heteroatoms. The lowest BCUT2D eigenvalue weighted by Crippen LogP contribution is -2.20. The largest absolute Gasteiger partial charge is 0.355 e. The molecule has 1 heterocycles. The van der Waals surface area contributed by atoms with Gasteiger partial charge in [0.2, 0.25) is 11.9 Å². The molecule has 3 nitrogen and oxygen atoms in total. The molecule has 0 fully saturated rings. The molecule has 16 heavy (non-hydrogen) atoms. The van der Waals surface area contributed by atoms with Crippen LogP contribution >= 0.6 is 0 Å². The van der Waals surface area contributed by atoms with Gasteiger partial charge in [-0.25, -0.2) is 4.98 Å². The predicted octanol–water partition coefficient (Wildman–Crippen LogP) is 1.41. The van der Waals surface area contributed by atoms with Crippen molar-refractivity contribution in [2.45, 2.75) is 20.3 Å². The molecular weight excluding hydrogens is 207 g/mol. The average molecular weight is 220 g/mol. The predicted molar refractivity (Wildman–Crippen MR) is 59.1 cm³/mol. The molecule has 0 saturated heterocycles. The third kappa shape index (κ3) is 3.70. The molecule has 0 spiro atoms. The Kier molecular flexibility index (Phi) is 4.46. The molecule has 0 aromatic carbocycles. The number of carbonyl (C=O) groups is 1. The van der Waals surface area contributed by atoms with Gasteiger partial charge in [-0.1, -0.05) is 11.8 Å². The summed E-state index contributed by atoms with van der Waals surface area (Å²) in [6.07, 6.45) is 1.93. The maximum atomic E-state index is 13.0. The Bertz CT molecular complexity index is 446. The van der Waals surface area contributed by atoms with Crippen molar-refractivity contribution in [1.29, 1.82) is 0 Å². The van der Waals surface area contributed by atoms with Crippen LogP contribution in [0.25, 0.3) is 0 Å². The number of rotatable bonds is 2. The average Bonchev–Trinajstić information content (AvgIpc) is 2.23. The third-order valence-electron chi connectivity index (χ3n) is 1.99. The number of pyridine rings is 1. The highest BCUT2D eigenvalue weighted by Crippen LogP contribution is 2.07. The van der Waals surface area contributed by atoms with Crippen molar-refractivity contribution < 1.29 is 9.18 Å². The van der Waals surface area contributed by atoms with E-state index in [0.717, 1.165) is 0 Å². The molecule has 84 valence electrons. The van der Waals surface area contributed by atoms with E-state index >= 15 is 0 Å². The van der Waals surface area contributed by atoms with E-state index in [4.69, 9.17) is 0 Å². The molecule has 1 rings (SSSR count). The van der Waals surface area contributed by atoms with Gasteiger partial charge in [0, 0.05) is 37.2 Å². The number of nitrogens with zero attached hydrogens (tertiary/aromatic N) is 1. The lowest BCUT2D eigenvalue weighted by atomic mass is 10.1. The Morgan fingerprint density at radius 3 is 3.06 bits per heavy atom. The third-order valence-corrected chi connectivity index (χ3v) is 1.99. The second-order valence-corrected chi connectivity index (χ2v) is 3.31. The Balaban J connectivity index is 2.56. The zero-order valence-corrected chi connectivity index (χ0v) is 9.30. The summed E-state index contributed by atoms with van der Waals surface area (Å²) >= 11 is 0. The monoisotopic (exact) mass is 220 g/mol. The maximum absolute atomic E-state index is 13.0. The summed E-state index contributed by atoms with van der Waals surface area (Å²) in [5.41, 5.74) is 1.09. The molecule has 1 amide bonds. The molecule has 0 unspecified atom stereocenters. The maximum Gasteiger partial charge on any atom is 0.216 e. The molecule has 0 saturated carbocycles. The first kappa shape index (κ1) is 12.2. The zero-order valence-electron chi connectivity index (χ0n) is 9.30. The molecule has 1 aromatic heterocycles. The normalized spacial score (nSPS) is 9.19. The van der Waals surface area contributed by atoms with Crippen LogP contribution in [0.2, 0.25) is 0 Å². The summed E-state index contributed by atoms with van der Waals surface area (Å²) in [5, 5.41) is 2.63. The molecule has 0 atom stereocenters. The highest BCUT2D eigenvalue weighted by atomic mass is 19.1. The van der Waals surface area contributed by atoms with Crippen LogP contribution in [-0.4, -0.2) is 17.4 Å². The van der Waals surface area contributed by atoms with Crippen molar-refractivity contribution in [1.82, 2.24) is 10.3 Å². The van der Waals surface area contributed by atoms with Crippen molar-refractivity contribution in [3.05, 3.63) is 29.3 Å². The number of aromatic nitrogens is 1. The Morgan fingerprint density at radius 1 is 1.62 bits per heavy atom. The van der Waals surface area contributed by atoms with Gasteiger partial charge in [0.15, 0.2) is 0 Å². The van der Waals surface area contributed by atoms with Crippen LogP contribution in [0.3, 0.4) is 0 Å². The second kappa shape index (κ2) is 5.86. The lowest BCUT2D eigenvalue weighted by molar-refractivity contribution is -0.118. The number of nitrogens with one attached hydrogen (secondary N) is 1. The van der Waals surface area contributed by atoms with Crippen molar-refractivity contribution in [2.24, 2.45) is 0 Å². The van der Waals surface area contributed by atoms with Crippen molar-refractivity contribution in [3.63, 3.8) is 0 Å². The van der Waals surface area contributed by atoms with Crippen molar-refractivity contribution in [2.75, 3.05) is 6.54 Å². The second-order valence-electron chi connectivity index (χ2n) is 3.31. The minimum atomic E-state index is -0.492. The molecular formula is C12H13FN2O. The topological polar surface area (TPSA) is 42.0 Å². The van der Waals surface area contributed by atoms with Crippen LogP contribution in [0.5, 0.6) is 0 Å². The number of amides is 1. The van der Waals surface area contributed by atoms with Gasteiger partial charge in [-0.2, -0.15) is 4.39 Å². The van der Waals surface area contributed by atoms with Crippen molar-refractivity contribution >= 4 is 5.91 Å². The quantitative estimate of drug-likeness (QED) is 0.465.